The average molecular weight is 306 g/mol. The second-order valence-electron chi connectivity index (χ2n) is 5.88. The van der Waals surface area contributed by atoms with E-state index in [0.717, 1.165) is 13.2 Å². The van der Waals surface area contributed by atoms with Crippen LogP contribution in [-0.4, -0.2) is 76.0 Å². The van der Waals surface area contributed by atoms with Gasteiger partial charge >= 0.3 is 0 Å². The Morgan fingerprint density at radius 2 is 1.55 bits per heavy atom. The lowest BCUT2D eigenvalue weighted by Gasteiger charge is -2.34. The summed E-state index contributed by atoms with van der Waals surface area (Å²) in [5.74, 6) is 0. The Morgan fingerprint density at radius 3 is 2.23 bits per heavy atom. The standard InChI is InChI=1S/C18H30N2O2/c1-21-16-17-22-15-14-20-12-10-19(11-13-20)9-5-8-18-6-3-2-4-7-18/h2-4,6-7H,5,8-17H2,1H3. The van der Waals surface area contributed by atoms with Crippen LogP contribution in [0.5, 0.6) is 0 Å². The Balaban J connectivity index is 1.50. The number of ether oxygens (including phenoxy) is 2. The Labute approximate surface area is 135 Å². The molecule has 0 N–H and O–H groups in total. The maximum atomic E-state index is 5.54. The van der Waals surface area contributed by atoms with Gasteiger partial charge in [-0.15, -0.1) is 0 Å². The average Bonchev–Trinajstić information content (AvgIpc) is 2.57. The highest BCUT2D eigenvalue weighted by atomic mass is 16.5. The smallest absolute Gasteiger partial charge is 0.0700 e. The fourth-order valence-corrected chi connectivity index (χ4v) is 2.83. The number of hydrogen-bond donors (Lipinski definition) is 0. The van der Waals surface area contributed by atoms with Crippen LogP contribution in [0.3, 0.4) is 0 Å². The molecule has 22 heavy (non-hydrogen) atoms. The summed E-state index contributed by atoms with van der Waals surface area (Å²) in [7, 11) is 1.71. The van der Waals surface area contributed by atoms with Crippen molar-refractivity contribution in [3.63, 3.8) is 0 Å². The molecule has 4 nitrogen and oxygen atoms in total. The number of hydrogen-bond acceptors (Lipinski definition) is 4. The van der Waals surface area contributed by atoms with Crippen molar-refractivity contribution in [1.29, 1.82) is 0 Å². The molecular formula is C18H30N2O2. The lowest BCUT2D eigenvalue weighted by molar-refractivity contribution is 0.0461. The van der Waals surface area contributed by atoms with Crippen LogP contribution in [0.15, 0.2) is 30.3 Å². The minimum absolute atomic E-state index is 0.690. The molecule has 0 amide bonds. The van der Waals surface area contributed by atoms with Crippen LogP contribution in [0.2, 0.25) is 0 Å². The van der Waals surface area contributed by atoms with Gasteiger partial charge in [-0.1, -0.05) is 30.3 Å². The molecule has 0 saturated carbocycles. The topological polar surface area (TPSA) is 24.9 Å². The number of aryl methyl sites for hydroxylation is 1. The lowest BCUT2D eigenvalue weighted by atomic mass is 10.1. The molecule has 0 radical (unpaired) electrons. The van der Waals surface area contributed by atoms with Gasteiger partial charge in [-0.05, 0) is 24.9 Å². The van der Waals surface area contributed by atoms with Crippen molar-refractivity contribution >= 4 is 0 Å². The SMILES string of the molecule is COCCOCCN1CCN(CCCc2ccccc2)CC1. The fourth-order valence-electron chi connectivity index (χ4n) is 2.83. The van der Waals surface area contributed by atoms with Crippen LogP contribution in [0.25, 0.3) is 0 Å². The minimum atomic E-state index is 0.690. The zero-order chi connectivity index (χ0) is 15.5. The summed E-state index contributed by atoms with van der Waals surface area (Å²) in [5, 5.41) is 0. The number of rotatable bonds is 10. The van der Waals surface area contributed by atoms with E-state index in [0.29, 0.717) is 13.2 Å². The van der Waals surface area contributed by atoms with Crippen molar-refractivity contribution in [3.8, 4) is 0 Å². The predicted octanol–water partition coefficient (Wildman–Crippen LogP) is 1.90. The minimum Gasteiger partial charge on any atom is -0.382 e. The molecule has 0 atom stereocenters. The largest absolute Gasteiger partial charge is 0.382 e. The molecule has 0 spiro atoms. The molecule has 4 heteroatoms. The van der Waals surface area contributed by atoms with Gasteiger partial charge in [-0.3, -0.25) is 4.90 Å². The number of piperazine rings is 1. The summed E-state index contributed by atoms with van der Waals surface area (Å²) in [6, 6.07) is 10.8. The van der Waals surface area contributed by atoms with Gasteiger partial charge in [0.25, 0.3) is 0 Å². The van der Waals surface area contributed by atoms with Gasteiger partial charge < -0.3 is 14.4 Å². The molecule has 1 aliphatic rings. The van der Waals surface area contributed by atoms with Crippen molar-refractivity contribution in [1.82, 2.24) is 9.80 Å². The predicted molar refractivity (Wildman–Crippen MR) is 90.3 cm³/mol. The summed E-state index contributed by atoms with van der Waals surface area (Å²) in [4.78, 5) is 5.09. The molecular weight excluding hydrogens is 276 g/mol. The number of nitrogens with zero attached hydrogens (tertiary/aromatic N) is 2. The second-order valence-corrected chi connectivity index (χ2v) is 5.88. The normalized spacial score (nSPS) is 17.0. The van der Waals surface area contributed by atoms with Crippen molar-refractivity contribution in [2.24, 2.45) is 0 Å². The van der Waals surface area contributed by atoms with E-state index in [-0.39, 0.29) is 0 Å². The van der Waals surface area contributed by atoms with Crippen molar-refractivity contribution in [2.75, 3.05) is 66.2 Å². The molecule has 1 saturated heterocycles. The van der Waals surface area contributed by atoms with Crippen molar-refractivity contribution in [2.45, 2.75) is 12.8 Å². The summed E-state index contributed by atoms with van der Waals surface area (Å²) in [6.45, 7) is 9.18. The van der Waals surface area contributed by atoms with Gasteiger partial charge in [-0.2, -0.15) is 0 Å². The molecule has 1 heterocycles. The maximum absolute atomic E-state index is 5.54. The van der Waals surface area contributed by atoms with Crippen molar-refractivity contribution < 1.29 is 9.47 Å². The summed E-state index contributed by atoms with van der Waals surface area (Å²) >= 11 is 0. The van der Waals surface area contributed by atoms with E-state index in [1.165, 1.54) is 51.1 Å². The first kappa shape index (κ1) is 17.4. The van der Waals surface area contributed by atoms with Crippen LogP contribution < -0.4 is 0 Å². The van der Waals surface area contributed by atoms with Gasteiger partial charge in [0, 0.05) is 39.8 Å². The van der Waals surface area contributed by atoms with E-state index in [2.05, 4.69) is 40.1 Å². The number of methoxy groups -OCH3 is 1. The first-order chi connectivity index (χ1) is 10.9. The van der Waals surface area contributed by atoms with E-state index in [9.17, 15) is 0 Å². The molecule has 0 aromatic heterocycles. The number of benzene rings is 1. The molecule has 2 rings (SSSR count). The molecule has 1 aromatic rings. The second kappa shape index (κ2) is 10.7. The first-order valence-electron chi connectivity index (χ1n) is 8.44. The van der Waals surface area contributed by atoms with Gasteiger partial charge in [0.15, 0.2) is 0 Å². The molecule has 0 bridgehead atoms. The van der Waals surface area contributed by atoms with Crippen molar-refractivity contribution in [3.05, 3.63) is 35.9 Å². The highest BCUT2D eigenvalue weighted by Gasteiger charge is 2.15. The van der Waals surface area contributed by atoms with Crippen LogP contribution in [0, 0.1) is 0 Å². The molecule has 0 unspecified atom stereocenters. The highest BCUT2D eigenvalue weighted by Crippen LogP contribution is 2.06. The van der Waals surface area contributed by atoms with Crippen LogP contribution in [0.1, 0.15) is 12.0 Å². The van der Waals surface area contributed by atoms with E-state index in [4.69, 9.17) is 9.47 Å². The van der Waals surface area contributed by atoms with E-state index < -0.39 is 0 Å². The molecule has 1 aromatic carbocycles. The van der Waals surface area contributed by atoms with Crippen LogP contribution >= 0.6 is 0 Å². The van der Waals surface area contributed by atoms with Crippen LogP contribution in [-0.2, 0) is 15.9 Å². The van der Waals surface area contributed by atoms with Gasteiger partial charge in [-0.25, -0.2) is 0 Å². The van der Waals surface area contributed by atoms with Gasteiger partial charge in [0.2, 0.25) is 0 Å². The van der Waals surface area contributed by atoms with Crippen LogP contribution in [0.4, 0.5) is 0 Å². The zero-order valence-electron chi connectivity index (χ0n) is 13.9. The Morgan fingerprint density at radius 1 is 0.864 bits per heavy atom. The van der Waals surface area contributed by atoms with Gasteiger partial charge in [0.1, 0.15) is 0 Å². The Kier molecular flexibility index (Phi) is 8.49. The summed E-state index contributed by atoms with van der Waals surface area (Å²) in [5.41, 5.74) is 1.45. The Bertz CT molecular complexity index is 378. The molecule has 124 valence electrons. The third-order valence-corrected chi connectivity index (χ3v) is 4.23. The maximum Gasteiger partial charge on any atom is 0.0700 e. The third-order valence-electron chi connectivity index (χ3n) is 4.23. The monoisotopic (exact) mass is 306 g/mol. The third kappa shape index (κ3) is 6.88. The first-order valence-corrected chi connectivity index (χ1v) is 8.44. The summed E-state index contributed by atoms with van der Waals surface area (Å²) < 4.78 is 10.5. The zero-order valence-corrected chi connectivity index (χ0v) is 13.9. The van der Waals surface area contributed by atoms with E-state index >= 15 is 0 Å². The molecule has 1 aliphatic heterocycles. The fraction of sp³-hybridized carbons (Fsp3) is 0.667. The van der Waals surface area contributed by atoms with Gasteiger partial charge in [0.05, 0.1) is 19.8 Å². The van der Waals surface area contributed by atoms with E-state index in [1.807, 2.05) is 0 Å². The van der Waals surface area contributed by atoms with E-state index in [1.54, 1.807) is 7.11 Å². The Hall–Kier alpha value is -0.940. The highest BCUT2D eigenvalue weighted by molar-refractivity contribution is 5.14. The quantitative estimate of drug-likeness (QED) is 0.617. The molecule has 1 fully saturated rings. The molecule has 0 aliphatic carbocycles. The lowest BCUT2D eigenvalue weighted by Crippen LogP contribution is -2.47. The summed E-state index contributed by atoms with van der Waals surface area (Å²) in [6.07, 6.45) is 2.44.